The molecule has 1 heterocycles. The van der Waals surface area contributed by atoms with Gasteiger partial charge in [-0.25, -0.2) is 17.5 Å². The lowest BCUT2D eigenvalue weighted by Gasteiger charge is -2.32. The van der Waals surface area contributed by atoms with Crippen LogP contribution in [0.3, 0.4) is 0 Å². The van der Waals surface area contributed by atoms with Crippen molar-refractivity contribution in [3.63, 3.8) is 0 Å². The molecule has 0 spiro atoms. The molecule has 1 aromatic carbocycles. The third kappa shape index (κ3) is 4.27. The van der Waals surface area contributed by atoms with Crippen molar-refractivity contribution in [1.29, 1.82) is 0 Å². The van der Waals surface area contributed by atoms with Crippen molar-refractivity contribution < 1.29 is 17.6 Å². The number of carbonyl (C=O) groups is 1. The Morgan fingerprint density at radius 1 is 1.27 bits per heavy atom. The third-order valence-corrected chi connectivity index (χ3v) is 4.96. The third-order valence-electron chi connectivity index (χ3n) is 3.55. The molecule has 5 nitrogen and oxygen atoms in total. The SMILES string of the molecule is CC(C)(C)N1CC(NS(=O)(=O)Cc2ccc(F)cc2)CC1=O. The predicted molar refractivity (Wildman–Crippen MR) is 82.0 cm³/mol. The van der Waals surface area contributed by atoms with E-state index in [1.165, 1.54) is 24.3 Å². The highest BCUT2D eigenvalue weighted by molar-refractivity contribution is 7.88. The maximum Gasteiger partial charge on any atom is 0.224 e. The Morgan fingerprint density at radius 2 is 1.86 bits per heavy atom. The summed E-state index contributed by atoms with van der Waals surface area (Å²) in [5.74, 6) is -0.689. The van der Waals surface area contributed by atoms with Gasteiger partial charge in [0.15, 0.2) is 0 Å². The van der Waals surface area contributed by atoms with Gasteiger partial charge >= 0.3 is 0 Å². The molecule has 0 radical (unpaired) electrons. The summed E-state index contributed by atoms with van der Waals surface area (Å²) in [4.78, 5) is 13.6. The molecular formula is C15H21FN2O3S. The van der Waals surface area contributed by atoms with E-state index in [4.69, 9.17) is 0 Å². The molecule has 2 rings (SSSR count). The number of rotatable bonds is 4. The van der Waals surface area contributed by atoms with Gasteiger partial charge in [0, 0.05) is 24.5 Å². The van der Waals surface area contributed by atoms with Crippen molar-refractivity contribution in [2.45, 2.75) is 44.5 Å². The van der Waals surface area contributed by atoms with Crippen LogP contribution in [0.1, 0.15) is 32.8 Å². The largest absolute Gasteiger partial charge is 0.336 e. The Kier molecular flexibility index (Phi) is 4.58. The molecule has 1 fully saturated rings. The Labute approximate surface area is 130 Å². The van der Waals surface area contributed by atoms with Crippen LogP contribution in [0.5, 0.6) is 0 Å². The van der Waals surface area contributed by atoms with Gasteiger partial charge in [-0.2, -0.15) is 0 Å². The lowest BCUT2D eigenvalue weighted by atomic mass is 10.1. The smallest absolute Gasteiger partial charge is 0.224 e. The van der Waals surface area contributed by atoms with Crippen molar-refractivity contribution in [3.05, 3.63) is 35.6 Å². The second-order valence-corrected chi connectivity index (χ2v) is 8.33. The summed E-state index contributed by atoms with van der Waals surface area (Å²) in [7, 11) is -3.57. The number of likely N-dealkylation sites (tertiary alicyclic amines) is 1. The quantitative estimate of drug-likeness (QED) is 0.914. The highest BCUT2D eigenvalue weighted by Gasteiger charge is 2.37. The van der Waals surface area contributed by atoms with Crippen LogP contribution in [-0.4, -0.2) is 37.4 Å². The van der Waals surface area contributed by atoms with Crippen LogP contribution >= 0.6 is 0 Å². The minimum absolute atomic E-state index is 0.0537. The van der Waals surface area contributed by atoms with Crippen molar-refractivity contribution >= 4 is 15.9 Å². The fourth-order valence-corrected chi connectivity index (χ4v) is 3.91. The maximum atomic E-state index is 12.8. The van der Waals surface area contributed by atoms with E-state index in [1.807, 2.05) is 20.8 Å². The molecular weight excluding hydrogens is 307 g/mol. The maximum absolute atomic E-state index is 12.8. The van der Waals surface area contributed by atoms with Gasteiger partial charge in [-0.15, -0.1) is 0 Å². The second kappa shape index (κ2) is 5.96. The standard InChI is InChI=1S/C15H21FN2O3S/c1-15(2,3)18-9-13(8-14(18)19)17-22(20,21)10-11-4-6-12(16)7-5-11/h4-7,13,17H,8-10H2,1-3H3. The molecule has 1 unspecified atom stereocenters. The van der Waals surface area contributed by atoms with Crippen LogP contribution in [0.2, 0.25) is 0 Å². The summed E-state index contributed by atoms with van der Waals surface area (Å²) < 4.78 is 39.7. The van der Waals surface area contributed by atoms with E-state index in [-0.39, 0.29) is 23.6 Å². The highest BCUT2D eigenvalue weighted by Crippen LogP contribution is 2.22. The van der Waals surface area contributed by atoms with Crippen LogP contribution in [-0.2, 0) is 20.6 Å². The topological polar surface area (TPSA) is 66.5 Å². The van der Waals surface area contributed by atoms with E-state index in [0.717, 1.165) is 0 Å². The Hall–Kier alpha value is -1.47. The van der Waals surface area contributed by atoms with Crippen LogP contribution in [0.15, 0.2) is 24.3 Å². The molecule has 0 aromatic heterocycles. The van der Waals surface area contributed by atoms with Gasteiger partial charge in [-0.1, -0.05) is 12.1 Å². The van der Waals surface area contributed by atoms with Gasteiger partial charge in [-0.05, 0) is 38.5 Å². The summed E-state index contributed by atoms with van der Waals surface area (Å²) in [5, 5.41) is 0. The van der Waals surface area contributed by atoms with Crippen molar-refractivity contribution in [2.75, 3.05) is 6.54 Å². The molecule has 1 aromatic rings. The first-order chi connectivity index (χ1) is 10.1. The monoisotopic (exact) mass is 328 g/mol. The van der Waals surface area contributed by atoms with Crippen molar-refractivity contribution in [1.82, 2.24) is 9.62 Å². The van der Waals surface area contributed by atoms with Crippen molar-refractivity contribution in [3.8, 4) is 0 Å². The zero-order chi connectivity index (χ0) is 16.5. The molecule has 1 aliphatic rings. The van der Waals surface area contributed by atoms with Crippen LogP contribution in [0, 0.1) is 5.82 Å². The number of carbonyl (C=O) groups excluding carboxylic acids is 1. The van der Waals surface area contributed by atoms with Gasteiger partial charge in [0.2, 0.25) is 15.9 Å². The molecule has 0 aliphatic carbocycles. The average Bonchev–Trinajstić information content (AvgIpc) is 2.72. The molecule has 22 heavy (non-hydrogen) atoms. The molecule has 0 saturated carbocycles. The molecule has 1 N–H and O–H groups in total. The molecule has 1 atom stereocenters. The number of hydrogen-bond acceptors (Lipinski definition) is 3. The fourth-order valence-electron chi connectivity index (χ4n) is 2.53. The minimum Gasteiger partial charge on any atom is -0.336 e. The normalized spacial score (nSPS) is 19.7. The number of hydrogen-bond donors (Lipinski definition) is 1. The molecule has 122 valence electrons. The lowest BCUT2D eigenvalue weighted by Crippen LogP contribution is -2.44. The number of amides is 1. The summed E-state index contributed by atoms with van der Waals surface area (Å²) in [5.41, 5.74) is 0.180. The van der Waals surface area contributed by atoms with Crippen LogP contribution in [0.25, 0.3) is 0 Å². The Morgan fingerprint density at radius 3 is 2.36 bits per heavy atom. The first-order valence-electron chi connectivity index (χ1n) is 7.12. The summed E-state index contributed by atoms with van der Waals surface area (Å²) >= 11 is 0. The highest BCUT2D eigenvalue weighted by atomic mass is 32.2. The van der Waals surface area contributed by atoms with E-state index < -0.39 is 21.9 Å². The van der Waals surface area contributed by atoms with E-state index in [0.29, 0.717) is 12.1 Å². The lowest BCUT2D eigenvalue weighted by molar-refractivity contribution is -0.131. The minimum atomic E-state index is -3.57. The van der Waals surface area contributed by atoms with E-state index in [2.05, 4.69) is 4.72 Å². The zero-order valence-corrected chi connectivity index (χ0v) is 13.8. The number of sulfonamides is 1. The number of benzene rings is 1. The first-order valence-corrected chi connectivity index (χ1v) is 8.77. The Balaban J connectivity index is 2.01. The van der Waals surface area contributed by atoms with E-state index in [1.54, 1.807) is 4.90 Å². The van der Waals surface area contributed by atoms with E-state index in [9.17, 15) is 17.6 Å². The zero-order valence-electron chi connectivity index (χ0n) is 13.0. The number of nitrogens with zero attached hydrogens (tertiary/aromatic N) is 1. The van der Waals surface area contributed by atoms with Crippen molar-refractivity contribution in [2.24, 2.45) is 0 Å². The summed E-state index contributed by atoms with van der Waals surface area (Å²) in [6.45, 7) is 6.12. The van der Waals surface area contributed by atoms with Gasteiger partial charge in [0.05, 0.1) is 5.75 Å². The van der Waals surface area contributed by atoms with Gasteiger partial charge in [0.1, 0.15) is 5.82 Å². The molecule has 7 heteroatoms. The summed E-state index contributed by atoms with van der Waals surface area (Å²) in [6.07, 6.45) is 0.167. The average molecular weight is 328 g/mol. The molecule has 0 bridgehead atoms. The Bertz CT molecular complexity index is 650. The van der Waals surface area contributed by atoms with Gasteiger partial charge in [-0.3, -0.25) is 4.79 Å². The van der Waals surface area contributed by atoms with Gasteiger partial charge in [0.25, 0.3) is 0 Å². The number of nitrogens with one attached hydrogen (secondary N) is 1. The van der Waals surface area contributed by atoms with Gasteiger partial charge < -0.3 is 4.90 Å². The molecule has 1 saturated heterocycles. The van der Waals surface area contributed by atoms with Crippen LogP contribution < -0.4 is 4.72 Å². The van der Waals surface area contributed by atoms with E-state index >= 15 is 0 Å². The number of halogens is 1. The first kappa shape index (κ1) is 16.9. The second-order valence-electron chi connectivity index (χ2n) is 6.58. The predicted octanol–water partition coefficient (Wildman–Crippen LogP) is 1.64. The summed E-state index contributed by atoms with van der Waals surface area (Å²) in [6, 6.07) is 4.92. The molecule has 1 aliphatic heterocycles. The van der Waals surface area contributed by atoms with Crippen LogP contribution in [0.4, 0.5) is 4.39 Å². The fraction of sp³-hybridized carbons (Fsp3) is 0.533. The molecule has 1 amide bonds.